The standard InChI is InChI=1S/C12H21N3O2/c1-3-14-11(16)8-15(4-2)12(17)9-5-6-10(13)7-9/h5-6,9-10H,3-4,7-8,13H2,1-2H3,(H,14,16). The van der Waals surface area contributed by atoms with Crippen LogP contribution in [0.4, 0.5) is 0 Å². The zero-order chi connectivity index (χ0) is 12.8. The summed E-state index contributed by atoms with van der Waals surface area (Å²) in [4.78, 5) is 25.1. The van der Waals surface area contributed by atoms with E-state index >= 15 is 0 Å². The van der Waals surface area contributed by atoms with E-state index in [9.17, 15) is 9.59 Å². The Bertz CT molecular complexity index is 315. The van der Waals surface area contributed by atoms with Gasteiger partial charge in [0.25, 0.3) is 0 Å². The third kappa shape index (κ3) is 3.85. The molecule has 0 aromatic heterocycles. The van der Waals surface area contributed by atoms with Crippen molar-refractivity contribution in [2.75, 3.05) is 19.6 Å². The van der Waals surface area contributed by atoms with Crippen molar-refractivity contribution < 1.29 is 9.59 Å². The van der Waals surface area contributed by atoms with Crippen molar-refractivity contribution in [3.63, 3.8) is 0 Å². The Morgan fingerprint density at radius 2 is 2.12 bits per heavy atom. The highest BCUT2D eigenvalue weighted by Gasteiger charge is 2.27. The molecule has 0 saturated heterocycles. The van der Waals surface area contributed by atoms with Crippen LogP contribution >= 0.6 is 0 Å². The first-order chi connectivity index (χ1) is 8.08. The van der Waals surface area contributed by atoms with E-state index in [2.05, 4.69) is 5.32 Å². The van der Waals surface area contributed by atoms with E-state index in [1.807, 2.05) is 26.0 Å². The Kier molecular flexibility index (Phi) is 5.15. The van der Waals surface area contributed by atoms with Gasteiger partial charge in [-0.2, -0.15) is 0 Å². The lowest BCUT2D eigenvalue weighted by Crippen LogP contribution is -2.43. The van der Waals surface area contributed by atoms with E-state index in [4.69, 9.17) is 5.73 Å². The van der Waals surface area contributed by atoms with Gasteiger partial charge in [-0.1, -0.05) is 12.2 Å². The Balaban J connectivity index is 2.52. The number of hydrogen-bond donors (Lipinski definition) is 2. The van der Waals surface area contributed by atoms with Gasteiger partial charge in [0.05, 0.1) is 12.5 Å². The molecule has 96 valence electrons. The van der Waals surface area contributed by atoms with Crippen molar-refractivity contribution in [2.45, 2.75) is 26.3 Å². The largest absolute Gasteiger partial charge is 0.355 e. The fraction of sp³-hybridized carbons (Fsp3) is 0.667. The van der Waals surface area contributed by atoms with Gasteiger partial charge in [0.2, 0.25) is 11.8 Å². The molecule has 0 bridgehead atoms. The monoisotopic (exact) mass is 239 g/mol. The highest BCUT2D eigenvalue weighted by Crippen LogP contribution is 2.18. The minimum atomic E-state index is -0.167. The summed E-state index contributed by atoms with van der Waals surface area (Å²) in [5.41, 5.74) is 5.72. The van der Waals surface area contributed by atoms with Crippen LogP contribution in [-0.4, -0.2) is 42.4 Å². The second-order valence-electron chi connectivity index (χ2n) is 4.20. The van der Waals surface area contributed by atoms with Crippen molar-refractivity contribution >= 4 is 11.8 Å². The molecule has 0 aromatic carbocycles. The van der Waals surface area contributed by atoms with Crippen molar-refractivity contribution in [3.05, 3.63) is 12.2 Å². The van der Waals surface area contributed by atoms with Crippen molar-refractivity contribution in [1.29, 1.82) is 0 Å². The summed E-state index contributed by atoms with van der Waals surface area (Å²) in [7, 11) is 0. The number of amides is 2. The molecule has 0 heterocycles. The molecule has 0 saturated carbocycles. The van der Waals surface area contributed by atoms with Gasteiger partial charge in [-0.3, -0.25) is 9.59 Å². The molecule has 0 fully saturated rings. The van der Waals surface area contributed by atoms with E-state index in [1.54, 1.807) is 4.90 Å². The molecule has 1 rings (SSSR count). The zero-order valence-corrected chi connectivity index (χ0v) is 10.5. The average Bonchev–Trinajstić information content (AvgIpc) is 2.72. The summed E-state index contributed by atoms with van der Waals surface area (Å²) >= 11 is 0. The number of likely N-dealkylation sites (N-methyl/N-ethyl adjacent to an activating group) is 2. The maximum absolute atomic E-state index is 12.1. The quantitative estimate of drug-likeness (QED) is 0.656. The van der Waals surface area contributed by atoms with Crippen molar-refractivity contribution in [3.8, 4) is 0 Å². The predicted octanol–water partition coefficient (Wildman–Crippen LogP) is -0.126. The Morgan fingerprint density at radius 1 is 1.41 bits per heavy atom. The molecule has 0 spiro atoms. The van der Waals surface area contributed by atoms with Gasteiger partial charge < -0.3 is 16.0 Å². The van der Waals surface area contributed by atoms with Gasteiger partial charge in [-0.25, -0.2) is 0 Å². The van der Waals surface area contributed by atoms with Crippen LogP contribution in [0.3, 0.4) is 0 Å². The number of carbonyl (C=O) groups excluding carboxylic acids is 2. The van der Waals surface area contributed by atoms with Crippen LogP contribution in [0.2, 0.25) is 0 Å². The second kappa shape index (κ2) is 6.39. The highest BCUT2D eigenvalue weighted by atomic mass is 16.2. The fourth-order valence-electron chi connectivity index (χ4n) is 1.92. The van der Waals surface area contributed by atoms with Crippen LogP contribution in [-0.2, 0) is 9.59 Å². The van der Waals surface area contributed by atoms with Gasteiger partial charge >= 0.3 is 0 Å². The third-order valence-corrected chi connectivity index (χ3v) is 2.84. The van der Waals surface area contributed by atoms with Crippen LogP contribution in [0.5, 0.6) is 0 Å². The molecule has 1 aliphatic rings. The molecule has 3 N–H and O–H groups in total. The molecule has 2 unspecified atom stereocenters. The molecule has 0 radical (unpaired) electrons. The summed E-state index contributed by atoms with van der Waals surface area (Å²) < 4.78 is 0. The predicted molar refractivity (Wildman–Crippen MR) is 66.2 cm³/mol. The van der Waals surface area contributed by atoms with Crippen LogP contribution in [0, 0.1) is 5.92 Å². The van der Waals surface area contributed by atoms with E-state index in [1.165, 1.54) is 0 Å². The normalized spacial score (nSPS) is 22.5. The summed E-state index contributed by atoms with van der Waals surface area (Å²) in [6, 6.07) is -0.0351. The van der Waals surface area contributed by atoms with E-state index in [-0.39, 0.29) is 30.3 Å². The summed E-state index contributed by atoms with van der Waals surface area (Å²) in [6.45, 7) is 4.97. The molecule has 5 nitrogen and oxygen atoms in total. The lowest BCUT2D eigenvalue weighted by molar-refractivity contribution is -0.138. The molecule has 1 aliphatic carbocycles. The minimum absolute atomic E-state index is 0.0112. The number of carbonyl (C=O) groups is 2. The molecular formula is C12H21N3O2. The van der Waals surface area contributed by atoms with Gasteiger partial charge in [0.1, 0.15) is 0 Å². The highest BCUT2D eigenvalue weighted by molar-refractivity contribution is 5.87. The lowest BCUT2D eigenvalue weighted by Gasteiger charge is -2.23. The first-order valence-corrected chi connectivity index (χ1v) is 6.07. The topological polar surface area (TPSA) is 75.4 Å². The number of nitrogens with zero attached hydrogens (tertiary/aromatic N) is 1. The van der Waals surface area contributed by atoms with Crippen molar-refractivity contribution in [2.24, 2.45) is 11.7 Å². The first-order valence-electron chi connectivity index (χ1n) is 6.07. The van der Waals surface area contributed by atoms with E-state index in [0.29, 0.717) is 19.5 Å². The van der Waals surface area contributed by atoms with Crippen molar-refractivity contribution in [1.82, 2.24) is 10.2 Å². The molecule has 5 heteroatoms. The second-order valence-corrected chi connectivity index (χ2v) is 4.20. The number of nitrogens with one attached hydrogen (secondary N) is 1. The van der Waals surface area contributed by atoms with Crippen LogP contribution in [0.1, 0.15) is 20.3 Å². The van der Waals surface area contributed by atoms with E-state index < -0.39 is 0 Å². The minimum Gasteiger partial charge on any atom is -0.355 e. The molecule has 2 atom stereocenters. The first kappa shape index (κ1) is 13.7. The van der Waals surface area contributed by atoms with Gasteiger partial charge in [-0.05, 0) is 20.3 Å². The van der Waals surface area contributed by atoms with E-state index in [0.717, 1.165) is 0 Å². The molecule has 0 aromatic rings. The molecular weight excluding hydrogens is 218 g/mol. The summed E-state index contributed by atoms with van der Waals surface area (Å²) in [5, 5.41) is 2.69. The summed E-state index contributed by atoms with van der Waals surface area (Å²) in [6.07, 6.45) is 4.33. The SMILES string of the molecule is CCNC(=O)CN(CC)C(=O)C1C=CC(N)C1. The van der Waals surface area contributed by atoms with Gasteiger partial charge in [0.15, 0.2) is 0 Å². The maximum Gasteiger partial charge on any atom is 0.239 e. The fourth-order valence-corrected chi connectivity index (χ4v) is 1.92. The maximum atomic E-state index is 12.1. The Morgan fingerprint density at radius 3 is 2.59 bits per heavy atom. The number of rotatable bonds is 5. The average molecular weight is 239 g/mol. The Hall–Kier alpha value is -1.36. The third-order valence-electron chi connectivity index (χ3n) is 2.84. The molecule has 2 amide bonds. The molecule has 17 heavy (non-hydrogen) atoms. The molecule has 0 aliphatic heterocycles. The zero-order valence-electron chi connectivity index (χ0n) is 10.5. The van der Waals surface area contributed by atoms with Gasteiger partial charge in [-0.15, -0.1) is 0 Å². The number of hydrogen-bond acceptors (Lipinski definition) is 3. The van der Waals surface area contributed by atoms with Crippen LogP contribution < -0.4 is 11.1 Å². The lowest BCUT2D eigenvalue weighted by atomic mass is 10.1. The number of nitrogens with two attached hydrogens (primary N) is 1. The summed E-state index contributed by atoms with van der Waals surface area (Å²) in [5.74, 6) is -0.295. The van der Waals surface area contributed by atoms with Crippen LogP contribution in [0.15, 0.2) is 12.2 Å². The smallest absolute Gasteiger partial charge is 0.239 e. The Labute approximate surface area is 102 Å². The van der Waals surface area contributed by atoms with Gasteiger partial charge in [0, 0.05) is 19.1 Å². The van der Waals surface area contributed by atoms with Crippen LogP contribution in [0.25, 0.3) is 0 Å².